The van der Waals surface area contributed by atoms with Crippen molar-refractivity contribution in [1.82, 2.24) is 14.6 Å². The first-order valence-corrected chi connectivity index (χ1v) is 9.99. The van der Waals surface area contributed by atoms with Gasteiger partial charge in [0.2, 0.25) is 11.7 Å². The Bertz CT molecular complexity index is 1230. The predicted octanol–water partition coefficient (Wildman–Crippen LogP) is 3.54. The van der Waals surface area contributed by atoms with Gasteiger partial charge in [-0.15, -0.1) is 10.2 Å². The molecule has 0 bridgehead atoms. The average Bonchev–Trinajstić information content (AvgIpc) is 3.34. The number of aryl methyl sites for hydroxylation is 1. The summed E-state index contributed by atoms with van der Waals surface area (Å²) in [6.07, 6.45) is 1.63. The van der Waals surface area contributed by atoms with E-state index in [2.05, 4.69) is 15.5 Å². The number of nitrogens with one attached hydrogen (secondary N) is 1. The molecule has 9 nitrogen and oxygen atoms in total. The summed E-state index contributed by atoms with van der Waals surface area (Å²) in [5.41, 5.74) is 2.99. The molecule has 30 heavy (non-hydrogen) atoms. The quantitative estimate of drug-likeness (QED) is 0.446. The standard InChI is InChI=1S/C20H20N4O5S/c1-11-22-23-20(14-9-16-13(24(11)14)7-8-29-16)30-10-17(25)21-12-5-6-15(26-2)19(28-4)18(12)27-3/h5-9H,10H2,1-4H3,(H,21,25). The fraction of sp³-hybridized carbons (Fsp3) is 0.250. The maximum Gasteiger partial charge on any atom is 0.234 e. The Labute approximate surface area is 176 Å². The van der Waals surface area contributed by atoms with Crippen LogP contribution in [0.4, 0.5) is 5.69 Å². The SMILES string of the molecule is COc1ccc(NC(=O)CSc2nnc(C)n3c2cc2occc23)c(OC)c1OC. The van der Waals surface area contributed by atoms with Crippen molar-refractivity contribution in [3.8, 4) is 17.2 Å². The molecule has 4 aromatic rings. The second-order valence-corrected chi connectivity index (χ2v) is 7.27. The number of furan rings is 1. The lowest BCUT2D eigenvalue weighted by Crippen LogP contribution is -2.15. The van der Waals surface area contributed by atoms with Gasteiger partial charge in [-0.2, -0.15) is 0 Å². The number of amides is 1. The van der Waals surface area contributed by atoms with E-state index in [1.807, 2.05) is 23.5 Å². The first kappa shape index (κ1) is 19.9. The van der Waals surface area contributed by atoms with Crippen molar-refractivity contribution in [2.45, 2.75) is 11.9 Å². The molecule has 0 aliphatic carbocycles. The Hall–Kier alpha value is -3.40. The number of hydrogen-bond donors (Lipinski definition) is 1. The number of aromatic nitrogens is 3. The van der Waals surface area contributed by atoms with Gasteiger partial charge in [0, 0.05) is 12.1 Å². The lowest BCUT2D eigenvalue weighted by atomic mass is 10.2. The molecular weight excluding hydrogens is 408 g/mol. The number of carbonyl (C=O) groups is 1. The lowest BCUT2D eigenvalue weighted by molar-refractivity contribution is -0.113. The van der Waals surface area contributed by atoms with Crippen molar-refractivity contribution in [3.05, 3.63) is 36.4 Å². The van der Waals surface area contributed by atoms with Crippen molar-refractivity contribution in [1.29, 1.82) is 0 Å². The number of nitrogens with zero attached hydrogens (tertiary/aromatic N) is 3. The third-order valence-corrected chi connectivity index (χ3v) is 5.54. The minimum absolute atomic E-state index is 0.136. The van der Waals surface area contributed by atoms with Crippen LogP contribution in [0.25, 0.3) is 16.6 Å². The van der Waals surface area contributed by atoms with E-state index >= 15 is 0 Å². The summed E-state index contributed by atoms with van der Waals surface area (Å²) in [6.45, 7) is 1.87. The van der Waals surface area contributed by atoms with Gasteiger partial charge in [0.05, 0.1) is 50.1 Å². The highest BCUT2D eigenvalue weighted by molar-refractivity contribution is 8.00. The van der Waals surface area contributed by atoms with Crippen molar-refractivity contribution >= 4 is 40.0 Å². The third-order valence-electron chi connectivity index (χ3n) is 4.57. The molecule has 0 radical (unpaired) electrons. The Morgan fingerprint density at radius 2 is 1.90 bits per heavy atom. The molecule has 0 saturated carbocycles. The van der Waals surface area contributed by atoms with Crippen LogP contribution in [0, 0.1) is 6.92 Å². The first-order chi connectivity index (χ1) is 14.6. The van der Waals surface area contributed by atoms with E-state index < -0.39 is 0 Å². The van der Waals surface area contributed by atoms with Crippen LogP contribution in [0.1, 0.15) is 5.82 Å². The van der Waals surface area contributed by atoms with Gasteiger partial charge in [-0.1, -0.05) is 11.8 Å². The second kappa shape index (κ2) is 8.15. The molecule has 0 aliphatic rings. The van der Waals surface area contributed by atoms with Crippen LogP contribution in [0.2, 0.25) is 0 Å². The maximum atomic E-state index is 12.6. The summed E-state index contributed by atoms with van der Waals surface area (Å²) in [6, 6.07) is 7.18. The zero-order valence-corrected chi connectivity index (χ0v) is 17.7. The number of fused-ring (bicyclic) bond motifs is 3. The molecule has 3 heterocycles. The number of carbonyl (C=O) groups excluding carboxylic acids is 1. The summed E-state index contributed by atoms with van der Waals surface area (Å²) in [5, 5.41) is 11.9. The topological polar surface area (TPSA) is 100 Å². The van der Waals surface area contributed by atoms with Gasteiger partial charge in [-0.05, 0) is 19.1 Å². The molecule has 0 unspecified atom stereocenters. The van der Waals surface area contributed by atoms with Crippen LogP contribution in [0.15, 0.2) is 40.0 Å². The highest BCUT2D eigenvalue weighted by Gasteiger charge is 2.19. The van der Waals surface area contributed by atoms with Crippen LogP contribution in [0.5, 0.6) is 17.2 Å². The molecule has 1 aromatic carbocycles. The highest BCUT2D eigenvalue weighted by Crippen LogP contribution is 2.42. The largest absolute Gasteiger partial charge is 0.493 e. The summed E-state index contributed by atoms with van der Waals surface area (Å²) in [5.74, 6) is 1.97. The fourth-order valence-electron chi connectivity index (χ4n) is 3.27. The van der Waals surface area contributed by atoms with Gasteiger partial charge in [-0.3, -0.25) is 9.20 Å². The van der Waals surface area contributed by atoms with Gasteiger partial charge in [-0.25, -0.2) is 0 Å². The van der Waals surface area contributed by atoms with Crippen molar-refractivity contribution < 1.29 is 23.4 Å². The Kier molecular flexibility index (Phi) is 5.40. The maximum absolute atomic E-state index is 12.6. The van der Waals surface area contributed by atoms with E-state index in [1.165, 1.54) is 33.1 Å². The van der Waals surface area contributed by atoms with Crippen LogP contribution >= 0.6 is 11.8 Å². The summed E-state index contributed by atoms with van der Waals surface area (Å²) < 4.78 is 23.5. The van der Waals surface area contributed by atoms with E-state index in [4.69, 9.17) is 18.6 Å². The van der Waals surface area contributed by atoms with Crippen LogP contribution in [-0.4, -0.2) is 47.6 Å². The van der Waals surface area contributed by atoms with E-state index in [0.29, 0.717) is 28.0 Å². The lowest BCUT2D eigenvalue weighted by Gasteiger charge is -2.16. The number of ether oxygens (including phenoxy) is 3. The molecule has 0 fully saturated rings. The zero-order chi connectivity index (χ0) is 21.3. The first-order valence-electron chi connectivity index (χ1n) is 9.01. The third kappa shape index (κ3) is 3.39. The normalized spacial score (nSPS) is 11.1. The monoisotopic (exact) mass is 428 g/mol. The molecule has 0 spiro atoms. The molecule has 10 heteroatoms. The molecular formula is C20H20N4O5S. The van der Waals surface area contributed by atoms with Crippen LogP contribution in [-0.2, 0) is 4.79 Å². The van der Waals surface area contributed by atoms with Gasteiger partial charge in [0.1, 0.15) is 10.9 Å². The van der Waals surface area contributed by atoms with E-state index in [-0.39, 0.29) is 11.7 Å². The average molecular weight is 428 g/mol. The smallest absolute Gasteiger partial charge is 0.234 e. The molecule has 0 saturated heterocycles. The minimum Gasteiger partial charge on any atom is -0.493 e. The summed E-state index contributed by atoms with van der Waals surface area (Å²) >= 11 is 1.29. The number of methoxy groups -OCH3 is 3. The van der Waals surface area contributed by atoms with Crippen LogP contribution in [0.3, 0.4) is 0 Å². The molecule has 3 aromatic heterocycles. The van der Waals surface area contributed by atoms with Gasteiger partial charge in [0.25, 0.3) is 0 Å². The Balaban J connectivity index is 1.54. The zero-order valence-electron chi connectivity index (χ0n) is 16.9. The van der Waals surface area contributed by atoms with Crippen molar-refractivity contribution in [2.75, 3.05) is 32.4 Å². The van der Waals surface area contributed by atoms with E-state index in [0.717, 1.165) is 22.4 Å². The number of rotatable bonds is 7. The predicted molar refractivity (Wildman–Crippen MR) is 113 cm³/mol. The highest BCUT2D eigenvalue weighted by atomic mass is 32.2. The molecule has 1 N–H and O–H groups in total. The van der Waals surface area contributed by atoms with Gasteiger partial charge < -0.3 is 23.9 Å². The summed E-state index contributed by atoms with van der Waals surface area (Å²) in [4.78, 5) is 12.6. The number of anilines is 1. The second-order valence-electron chi connectivity index (χ2n) is 6.31. The molecule has 0 aliphatic heterocycles. The van der Waals surface area contributed by atoms with E-state index in [9.17, 15) is 4.79 Å². The van der Waals surface area contributed by atoms with Crippen molar-refractivity contribution in [2.24, 2.45) is 0 Å². The van der Waals surface area contributed by atoms with Crippen molar-refractivity contribution in [3.63, 3.8) is 0 Å². The number of benzene rings is 1. The van der Waals surface area contributed by atoms with Crippen LogP contribution < -0.4 is 19.5 Å². The fourth-order valence-corrected chi connectivity index (χ4v) is 4.00. The molecule has 1 amide bonds. The Morgan fingerprint density at radius 3 is 2.63 bits per heavy atom. The van der Waals surface area contributed by atoms with Gasteiger partial charge in [0.15, 0.2) is 17.1 Å². The summed E-state index contributed by atoms with van der Waals surface area (Å²) in [7, 11) is 4.55. The molecule has 0 atom stereocenters. The molecule has 4 rings (SSSR count). The number of hydrogen-bond acceptors (Lipinski definition) is 8. The number of thioether (sulfide) groups is 1. The van der Waals surface area contributed by atoms with Gasteiger partial charge >= 0.3 is 0 Å². The molecule has 156 valence electrons. The Morgan fingerprint density at radius 1 is 1.10 bits per heavy atom. The van der Waals surface area contributed by atoms with E-state index in [1.54, 1.807) is 18.4 Å². The minimum atomic E-state index is -0.221.